The van der Waals surface area contributed by atoms with Crippen molar-refractivity contribution in [2.45, 2.75) is 5.41 Å². The van der Waals surface area contributed by atoms with E-state index in [-0.39, 0.29) is 0 Å². The van der Waals surface area contributed by atoms with Gasteiger partial charge in [-0.25, -0.2) is 4.85 Å². The van der Waals surface area contributed by atoms with E-state index in [9.17, 15) is 0 Å². The number of ether oxygens (including phenoxy) is 1. The van der Waals surface area contributed by atoms with Gasteiger partial charge in [-0.2, -0.15) is 0 Å². The number of hydrogen-bond donors (Lipinski definition) is 0. The zero-order valence-electron chi connectivity index (χ0n) is 32.0. The monoisotopic (exact) mass is 765 g/mol. The van der Waals surface area contributed by atoms with Gasteiger partial charge in [0.25, 0.3) is 0 Å². The number of aromatic nitrogens is 4. The van der Waals surface area contributed by atoms with Crippen molar-refractivity contribution in [2.75, 3.05) is 0 Å². The van der Waals surface area contributed by atoms with Crippen LogP contribution >= 0.6 is 0 Å². The molecule has 2 aliphatic rings. The highest BCUT2D eigenvalue weighted by atomic mass is 16.5. The maximum absolute atomic E-state index is 7.69. The number of nitrogens with zero attached hydrogens (tertiary/aromatic N) is 5. The van der Waals surface area contributed by atoms with Crippen LogP contribution in [0.3, 0.4) is 0 Å². The van der Waals surface area contributed by atoms with Crippen LogP contribution in [0, 0.1) is 6.57 Å². The highest BCUT2D eigenvalue weighted by Gasteiger charge is 2.52. The highest BCUT2D eigenvalue weighted by molar-refractivity contribution is 6.11. The molecule has 11 aromatic rings. The van der Waals surface area contributed by atoms with Gasteiger partial charge in [0.2, 0.25) is 0 Å². The van der Waals surface area contributed by atoms with Crippen molar-refractivity contribution in [2.24, 2.45) is 0 Å². The summed E-state index contributed by atoms with van der Waals surface area (Å²) < 4.78 is 11.7. The Balaban J connectivity index is 1.04. The molecule has 278 valence electrons. The van der Waals surface area contributed by atoms with Crippen molar-refractivity contribution in [3.8, 4) is 45.4 Å². The van der Waals surface area contributed by atoms with E-state index in [0.717, 1.165) is 89.4 Å². The van der Waals surface area contributed by atoms with Gasteiger partial charge in [-0.05, 0) is 107 Å². The van der Waals surface area contributed by atoms with E-state index in [1.54, 1.807) is 0 Å². The standard InChI is InChI=1S/C54H31N5O/c1-55-35-21-25-49-41(31-35)39-14-6-8-18-47(39)59(49)37-22-23-42-51(32-37)60-50-26-20-34(30-45(50)54(42)43-15-9-27-56-52(43)53-44(54)16-10-28-57-53)33-19-24-48-40(29-33)38-13-5-7-17-46(38)58(48)36-11-3-2-4-12-36/h2-32H. The van der Waals surface area contributed by atoms with Gasteiger partial charge in [0.15, 0.2) is 5.69 Å². The summed E-state index contributed by atoms with van der Waals surface area (Å²) in [6.07, 6.45) is 3.72. The van der Waals surface area contributed by atoms with Crippen molar-refractivity contribution in [3.63, 3.8) is 0 Å². The van der Waals surface area contributed by atoms with Crippen molar-refractivity contribution < 1.29 is 4.74 Å². The lowest BCUT2D eigenvalue weighted by Crippen LogP contribution is -2.32. The first-order chi connectivity index (χ1) is 29.7. The number of pyridine rings is 2. The molecule has 60 heavy (non-hydrogen) atoms. The van der Waals surface area contributed by atoms with Crippen molar-refractivity contribution in [1.82, 2.24) is 19.1 Å². The molecule has 0 saturated carbocycles. The third-order valence-corrected chi connectivity index (χ3v) is 12.7. The summed E-state index contributed by atoms with van der Waals surface area (Å²) in [4.78, 5) is 13.7. The van der Waals surface area contributed by atoms with Gasteiger partial charge in [-0.1, -0.05) is 91.0 Å². The molecular weight excluding hydrogens is 735 g/mol. The van der Waals surface area contributed by atoms with Crippen LogP contribution in [0.4, 0.5) is 5.69 Å². The van der Waals surface area contributed by atoms with Crippen molar-refractivity contribution >= 4 is 49.3 Å². The van der Waals surface area contributed by atoms with E-state index >= 15 is 0 Å². The lowest BCUT2D eigenvalue weighted by Gasteiger charge is -2.39. The number of hydrogen-bond acceptors (Lipinski definition) is 3. The Labute approximate surface area is 344 Å². The summed E-state index contributed by atoms with van der Waals surface area (Å²) in [5.41, 5.74) is 14.7. The molecular formula is C54H31N5O. The molecule has 0 fully saturated rings. The minimum absolute atomic E-state index is 0.622. The highest BCUT2D eigenvalue weighted by Crippen LogP contribution is 2.62. The number of benzene rings is 7. The fourth-order valence-electron chi connectivity index (χ4n) is 10.2. The predicted octanol–water partition coefficient (Wildman–Crippen LogP) is 13.4. The third kappa shape index (κ3) is 4.30. The summed E-state index contributed by atoms with van der Waals surface area (Å²) in [6.45, 7) is 7.69. The average molecular weight is 766 g/mol. The van der Waals surface area contributed by atoms with Crippen LogP contribution < -0.4 is 4.74 Å². The van der Waals surface area contributed by atoms with Gasteiger partial charge < -0.3 is 13.9 Å². The maximum Gasteiger partial charge on any atom is 0.188 e. The summed E-state index contributed by atoms with van der Waals surface area (Å²) in [6, 6.07) is 62.1. The van der Waals surface area contributed by atoms with Crippen LogP contribution in [0.1, 0.15) is 22.3 Å². The van der Waals surface area contributed by atoms with Crippen LogP contribution in [0.2, 0.25) is 0 Å². The Bertz CT molecular complexity index is 3620. The Morgan fingerprint density at radius 3 is 1.75 bits per heavy atom. The summed E-state index contributed by atoms with van der Waals surface area (Å²) >= 11 is 0. The molecule has 0 saturated heterocycles. The molecule has 0 amide bonds. The maximum atomic E-state index is 7.69. The molecule has 0 unspecified atom stereocenters. The number of rotatable bonds is 3. The van der Waals surface area contributed by atoms with Crippen LogP contribution in [0.25, 0.3) is 82.3 Å². The molecule has 7 aromatic carbocycles. The van der Waals surface area contributed by atoms with Gasteiger partial charge in [-0.15, -0.1) is 0 Å². The Morgan fingerprint density at radius 1 is 0.433 bits per heavy atom. The second kappa shape index (κ2) is 12.1. The Kier molecular flexibility index (Phi) is 6.62. The molecule has 1 aliphatic heterocycles. The van der Waals surface area contributed by atoms with Gasteiger partial charge in [0, 0.05) is 57.1 Å². The minimum atomic E-state index is -0.747. The molecule has 4 aromatic heterocycles. The smallest absolute Gasteiger partial charge is 0.188 e. The Morgan fingerprint density at radius 2 is 1.03 bits per heavy atom. The first-order valence-electron chi connectivity index (χ1n) is 20.1. The normalized spacial score (nSPS) is 13.2. The summed E-state index contributed by atoms with van der Waals surface area (Å²) in [7, 11) is 0. The van der Waals surface area contributed by atoms with E-state index < -0.39 is 5.41 Å². The summed E-state index contributed by atoms with van der Waals surface area (Å²) in [5, 5.41) is 4.57. The van der Waals surface area contributed by atoms with Crippen LogP contribution in [0.5, 0.6) is 11.5 Å². The van der Waals surface area contributed by atoms with Crippen LogP contribution in [0.15, 0.2) is 188 Å². The molecule has 0 bridgehead atoms. The van der Waals surface area contributed by atoms with E-state index in [2.05, 4.69) is 166 Å². The molecule has 0 radical (unpaired) electrons. The molecule has 0 atom stereocenters. The first-order valence-corrected chi connectivity index (χ1v) is 20.1. The van der Waals surface area contributed by atoms with Crippen molar-refractivity contribution in [1.29, 1.82) is 0 Å². The molecule has 1 aliphatic carbocycles. The van der Waals surface area contributed by atoms with E-state index in [1.807, 2.05) is 36.7 Å². The van der Waals surface area contributed by atoms with Crippen molar-refractivity contribution in [3.05, 3.63) is 222 Å². The van der Waals surface area contributed by atoms with E-state index in [4.69, 9.17) is 21.3 Å². The number of para-hydroxylation sites is 3. The van der Waals surface area contributed by atoms with Gasteiger partial charge in [0.05, 0.1) is 45.4 Å². The molecule has 13 rings (SSSR count). The second-order valence-corrected chi connectivity index (χ2v) is 15.6. The Hall–Kier alpha value is -8.27. The largest absolute Gasteiger partial charge is 0.457 e. The fourth-order valence-corrected chi connectivity index (χ4v) is 10.2. The zero-order chi connectivity index (χ0) is 39.5. The lowest BCUT2D eigenvalue weighted by molar-refractivity contribution is 0.436. The van der Waals surface area contributed by atoms with Gasteiger partial charge >= 0.3 is 0 Å². The predicted molar refractivity (Wildman–Crippen MR) is 240 cm³/mol. The number of fused-ring (bicyclic) bond motifs is 15. The fraction of sp³-hybridized carbons (Fsp3) is 0.0185. The third-order valence-electron chi connectivity index (χ3n) is 12.7. The lowest BCUT2D eigenvalue weighted by atomic mass is 9.66. The topological polar surface area (TPSA) is 49.2 Å². The van der Waals surface area contributed by atoms with Gasteiger partial charge in [-0.3, -0.25) is 9.97 Å². The SMILES string of the molecule is [C-]#[N+]c1ccc2c(c1)c1ccccc1n2-c1ccc2c(c1)Oc1ccc(-c3ccc4c(c3)c3ccccc3n4-c3ccccc3)cc1C21c2cccnc2-c2ncccc21. The van der Waals surface area contributed by atoms with Crippen LogP contribution in [-0.2, 0) is 5.41 Å². The van der Waals surface area contributed by atoms with E-state index in [1.165, 1.54) is 21.8 Å². The summed E-state index contributed by atoms with van der Waals surface area (Å²) in [5.74, 6) is 1.57. The average Bonchev–Trinajstić information content (AvgIpc) is 3.93. The van der Waals surface area contributed by atoms with Crippen LogP contribution in [-0.4, -0.2) is 19.1 Å². The molecule has 1 spiro atoms. The quantitative estimate of drug-likeness (QED) is 0.168. The van der Waals surface area contributed by atoms with E-state index in [0.29, 0.717) is 5.69 Å². The minimum Gasteiger partial charge on any atom is -0.457 e. The first kappa shape index (κ1) is 32.8. The zero-order valence-corrected chi connectivity index (χ0v) is 32.0. The molecule has 5 heterocycles. The van der Waals surface area contributed by atoms with Gasteiger partial charge in [0.1, 0.15) is 11.5 Å². The second-order valence-electron chi connectivity index (χ2n) is 15.6. The molecule has 6 nitrogen and oxygen atoms in total. The molecule has 6 heteroatoms. The molecule has 0 N–H and O–H groups in total.